The van der Waals surface area contributed by atoms with Crippen molar-refractivity contribution in [2.45, 2.75) is 57.2 Å². The molecule has 0 bridgehead atoms. The van der Waals surface area contributed by atoms with E-state index in [9.17, 15) is 5.11 Å². The standard InChI is InChI=1S/C15H23NO/c1-12(11-13-5-3-2-4-6-13)16-14-7-9-15(17)10-8-14/h2-6,12,14-17H,7-11H2,1H3. The monoisotopic (exact) mass is 233 g/mol. The van der Waals surface area contributed by atoms with Crippen LogP contribution in [0.15, 0.2) is 30.3 Å². The molecule has 0 aromatic heterocycles. The van der Waals surface area contributed by atoms with Gasteiger partial charge < -0.3 is 10.4 Å². The van der Waals surface area contributed by atoms with Crippen LogP contribution in [0.25, 0.3) is 0 Å². The van der Waals surface area contributed by atoms with Crippen molar-refractivity contribution >= 4 is 0 Å². The van der Waals surface area contributed by atoms with E-state index < -0.39 is 0 Å². The predicted molar refractivity (Wildman–Crippen MR) is 71.0 cm³/mol. The number of aliphatic hydroxyl groups is 1. The van der Waals surface area contributed by atoms with Gasteiger partial charge in [0.25, 0.3) is 0 Å². The van der Waals surface area contributed by atoms with Gasteiger partial charge in [0.2, 0.25) is 0 Å². The summed E-state index contributed by atoms with van der Waals surface area (Å²) in [6.45, 7) is 2.25. The van der Waals surface area contributed by atoms with Gasteiger partial charge in [0, 0.05) is 12.1 Å². The van der Waals surface area contributed by atoms with Crippen LogP contribution in [0, 0.1) is 0 Å². The number of hydrogen-bond donors (Lipinski definition) is 2. The van der Waals surface area contributed by atoms with Gasteiger partial charge in [-0.25, -0.2) is 0 Å². The molecule has 0 saturated heterocycles. The van der Waals surface area contributed by atoms with Crippen LogP contribution in [-0.2, 0) is 6.42 Å². The van der Waals surface area contributed by atoms with Gasteiger partial charge in [-0.2, -0.15) is 0 Å². The van der Waals surface area contributed by atoms with E-state index in [1.165, 1.54) is 5.56 Å². The predicted octanol–water partition coefficient (Wildman–Crippen LogP) is 2.51. The Balaban J connectivity index is 1.76. The first-order valence-corrected chi connectivity index (χ1v) is 6.72. The largest absolute Gasteiger partial charge is 0.393 e. The zero-order valence-electron chi connectivity index (χ0n) is 10.6. The quantitative estimate of drug-likeness (QED) is 0.837. The Morgan fingerprint density at radius 2 is 1.82 bits per heavy atom. The lowest BCUT2D eigenvalue weighted by Crippen LogP contribution is -2.40. The first kappa shape index (κ1) is 12.6. The average molecular weight is 233 g/mol. The molecule has 2 N–H and O–H groups in total. The summed E-state index contributed by atoms with van der Waals surface area (Å²) in [5, 5.41) is 13.1. The highest BCUT2D eigenvalue weighted by atomic mass is 16.3. The van der Waals surface area contributed by atoms with Crippen molar-refractivity contribution in [3.05, 3.63) is 35.9 Å². The third-order valence-corrected chi connectivity index (χ3v) is 3.60. The summed E-state index contributed by atoms with van der Waals surface area (Å²) in [6.07, 6.45) is 5.16. The first-order valence-electron chi connectivity index (χ1n) is 6.72. The van der Waals surface area contributed by atoms with Crippen molar-refractivity contribution in [2.24, 2.45) is 0 Å². The summed E-state index contributed by atoms with van der Waals surface area (Å²) < 4.78 is 0. The third kappa shape index (κ3) is 4.14. The molecular formula is C15H23NO. The van der Waals surface area contributed by atoms with Crippen molar-refractivity contribution in [2.75, 3.05) is 0 Å². The number of benzene rings is 1. The van der Waals surface area contributed by atoms with Gasteiger partial charge in [-0.1, -0.05) is 30.3 Å². The lowest BCUT2D eigenvalue weighted by Gasteiger charge is -2.29. The molecule has 2 nitrogen and oxygen atoms in total. The molecule has 1 aromatic rings. The maximum atomic E-state index is 9.47. The summed E-state index contributed by atoms with van der Waals surface area (Å²) in [5.41, 5.74) is 1.39. The minimum Gasteiger partial charge on any atom is -0.393 e. The van der Waals surface area contributed by atoms with Crippen LogP contribution >= 0.6 is 0 Å². The van der Waals surface area contributed by atoms with E-state index in [1.54, 1.807) is 0 Å². The molecule has 1 unspecified atom stereocenters. The Morgan fingerprint density at radius 1 is 1.18 bits per heavy atom. The van der Waals surface area contributed by atoms with Crippen LogP contribution in [0.2, 0.25) is 0 Å². The van der Waals surface area contributed by atoms with E-state index >= 15 is 0 Å². The summed E-state index contributed by atoms with van der Waals surface area (Å²) in [5.74, 6) is 0. The highest BCUT2D eigenvalue weighted by molar-refractivity contribution is 5.15. The fourth-order valence-electron chi connectivity index (χ4n) is 2.67. The lowest BCUT2D eigenvalue weighted by molar-refractivity contribution is 0.114. The molecule has 17 heavy (non-hydrogen) atoms. The molecule has 1 fully saturated rings. The molecule has 1 atom stereocenters. The second kappa shape index (κ2) is 6.18. The summed E-state index contributed by atoms with van der Waals surface area (Å²) >= 11 is 0. The number of nitrogens with one attached hydrogen (secondary N) is 1. The van der Waals surface area contributed by atoms with Gasteiger partial charge >= 0.3 is 0 Å². The zero-order chi connectivity index (χ0) is 12.1. The minimum atomic E-state index is -0.0579. The molecule has 94 valence electrons. The fraction of sp³-hybridized carbons (Fsp3) is 0.600. The third-order valence-electron chi connectivity index (χ3n) is 3.60. The van der Waals surface area contributed by atoms with Crippen LogP contribution < -0.4 is 5.32 Å². The van der Waals surface area contributed by atoms with Crippen molar-refractivity contribution in [1.82, 2.24) is 5.32 Å². The number of rotatable bonds is 4. The second-order valence-corrected chi connectivity index (χ2v) is 5.26. The second-order valence-electron chi connectivity index (χ2n) is 5.26. The first-order chi connectivity index (χ1) is 8.24. The Labute approximate surface area is 104 Å². The normalized spacial score (nSPS) is 26.7. The maximum Gasteiger partial charge on any atom is 0.0541 e. The molecule has 0 radical (unpaired) electrons. The summed E-state index contributed by atoms with van der Waals surface area (Å²) in [7, 11) is 0. The SMILES string of the molecule is CC(Cc1ccccc1)NC1CCC(O)CC1. The molecule has 0 amide bonds. The smallest absolute Gasteiger partial charge is 0.0541 e. The molecule has 1 aliphatic rings. The van der Waals surface area contributed by atoms with E-state index in [0.717, 1.165) is 32.1 Å². The fourth-order valence-corrected chi connectivity index (χ4v) is 2.67. The minimum absolute atomic E-state index is 0.0579. The van der Waals surface area contributed by atoms with E-state index in [-0.39, 0.29) is 6.10 Å². The Kier molecular flexibility index (Phi) is 4.57. The van der Waals surface area contributed by atoms with Crippen molar-refractivity contribution in [3.8, 4) is 0 Å². The van der Waals surface area contributed by atoms with Gasteiger partial charge in [-0.05, 0) is 44.6 Å². The van der Waals surface area contributed by atoms with Crippen LogP contribution in [0.3, 0.4) is 0 Å². The molecule has 0 heterocycles. The van der Waals surface area contributed by atoms with Crippen molar-refractivity contribution in [1.29, 1.82) is 0 Å². The van der Waals surface area contributed by atoms with Gasteiger partial charge in [0.05, 0.1) is 6.10 Å². The van der Waals surface area contributed by atoms with Crippen LogP contribution in [-0.4, -0.2) is 23.3 Å². The molecule has 2 heteroatoms. The molecule has 1 aliphatic carbocycles. The highest BCUT2D eigenvalue weighted by Gasteiger charge is 2.20. The van der Waals surface area contributed by atoms with Crippen LogP contribution in [0.1, 0.15) is 38.2 Å². The van der Waals surface area contributed by atoms with Gasteiger partial charge in [-0.15, -0.1) is 0 Å². The Hall–Kier alpha value is -0.860. The molecule has 2 rings (SSSR count). The van der Waals surface area contributed by atoms with Gasteiger partial charge in [0.15, 0.2) is 0 Å². The van der Waals surface area contributed by atoms with Crippen LogP contribution in [0.5, 0.6) is 0 Å². The van der Waals surface area contributed by atoms with E-state index in [0.29, 0.717) is 12.1 Å². The van der Waals surface area contributed by atoms with Crippen molar-refractivity contribution < 1.29 is 5.11 Å². The maximum absolute atomic E-state index is 9.47. The molecular weight excluding hydrogens is 210 g/mol. The molecule has 0 aliphatic heterocycles. The molecule has 1 saturated carbocycles. The summed E-state index contributed by atoms with van der Waals surface area (Å²) in [6, 6.07) is 11.7. The Morgan fingerprint density at radius 3 is 2.47 bits per heavy atom. The van der Waals surface area contributed by atoms with E-state index in [2.05, 4.69) is 42.6 Å². The van der Waals surface area contributed by atoms with Crippen LogP contribution in [0.4, 0.5) is 0 Å². The van der Waals surface area contributed by atoms with Crippen molar-refractivity contribution in [3.63, 3.8) is 0 Å². The van der Waals surface area contributed by atoms with E-state index in [1.807, 2.05) is 0 Å². The van der Waals surface area contributed by atoms with Gasteiger partial charge in [-0.3, -0.25) is 0 Å². The molecule has 1 aromatic carbocycles. The number of aliphatic hydroxyl groups excluding tert-OH is 1. The number of hydrogen-bond acceptors (Lipinski definition) is 2. The lowest BCUT2D eigenvalue weighted by atomic mass is 9.92. The topological polar surface area (TPSA) is 32.3 Å². The highest BCUT2D eigenvalue weighted by Crippen LogP contribution is 2.19. The Bertz CT molecular complexity index is 317. The zero-order valence-corrected chi connectivity index (χ0v) is 10.6. The van der Waals surface area contributed by atoms with E-state index in [4.69, 9.17) is 0 Å². The molecule has 0 spiro atoms. The summed E-state index contributed by atoms with van der Waals surface area (Å²) in [4.78, 5) is 0. The van der Waals surface area contributed by atoms with Gasteiger partial charge in [0.1, 0.15) is 0 Å². The average Bonchev–Trinajstić information content (AvgIpc) is 2.33.